The molecule has 4 aromatic rings. The van der Waals surface area contributed by atoms with Crippen LogP contribution in [-0.2, 0) is 9.53 Å². The molecule has 1 N–H and O–H groups in total. The fourth-order valence-electron chi connectivity index (χ4n) is 5.88. The van der Waals surface area contributed by atoms with Crippen LogP contribution < -0.4 is 15.0 Å². The lowest BCUT2D eigenvalue weighted by Gasteiger charge is -2.35. The number of esters is 1. The number of fused-ring (bicyclic) bond motifs is 1. The molecule has 0 spiro atoms. The molecule has 1 aliphatic heterocycles. The predicted octanol–water partition coefficient (Wildman–Crippen LogP) is 6.70. The molecule has 2 aliphatic rings. The summed E-state index contributed by atoms with van der Waals surface area (Å²) in [6.07, 6.45) is 0.888. The van der Waals surface area contributed by atoms with Crippen LogP contribution in [0.4, 0.5) is 11.4 Å². The summed E-state index contributed by atoms with van der Waals surface area (Å²) in [6.45, 7) is 0. The Labute approximate surface area is 244 Å². The summed E-state index contributed by atoms with van der Waals surface area (Å²) in [7, 11) is 2.96. The van der Waals surface area contributed by atoms with Crippen LogP contribution >= 0.6 is 0 Å². The first kappa shape index (κ1) is 27.0. The monoisotopic (exact) mass is 558 g/mol. The van der Waals surface area contributed by atoms with Gasteiger partial charge in [-0.25, -0.2) is 4.79 Å². The SMILES string of the molecule is COC(=O)c1ccc(C2C3=C(CC(c4ccc(OC)cc4)CC3=O)Nc3ccccc3N2C(=O)c2ccccc2)cc1. The first-order valence-electron chi connectivity index (χ1n) is 13.8. The number of carbonyl (C=O) groups excluding carboxylic acids is 3. The fraction of sp³-hybridized carbons (Fsp3) is 0.171. The largest absolute Gasteiger partial charge is 0.497 e. The number of allylic oxidation sites excluding steroid dienone is 1. The van der Waals surface area contributed by atoms with Gasteiger partial charge in [0.05, 0.1) is 37.2 Å². The number of nitrogens with zero attached hydrogens (tertiary/aromatic N) is 1. The second kappa shape index (κ2) is 11.4. The summed E-state index contributed by atoms with van der Waals surface area (Å²) in [4.78, 5) is 42.4. The van der Waals surface area contributed by atoms with Crippen LogP contribution in [0.1, 0.15) is 56.6 Å². The number of anilines is 2. The number of methoxy groups -OCH3 is 2. The molecule has 6 rings (SSSR count). The molecule has 7 nitrogen and oxygen atoms in total. The standard InChI is InChI=1S/C35H30N2O5/c1-41-27-18-16-22(17-19-27)26-20-29-32(31(38)21-26)33(23-12-14-25(15-13-23)35(40)42-2)37(30-11-7-6-10-28(30)36-29)34(39)24-8-4-3-5-9-24/h3-19,26,33,36H,20-21H2,1-2H3. The van der Waals surface area contributed by atoms with Gasteiger partial charge in [-0.3, -0.25) is 14.5 Å². The minimum absolute atomic E-state index is 0.0368. The zero-order valence-corrected chi connectivity index (χ0v) is 23.4. The lowest BCUT2D eigenvalue weighted by atomic mass is 9.78. The number of ketones is 1. The molecule has 0 aromatic heterocycles. The molecule has 4 aromatic carbocycles. The topological polar surface area (TPSA) is 84.9 Å². The molecule has 2 unspecified atom stereocenters. The Balaban J connectivity index is 1.53. The van der Waals surface area contributed by atoms with Crippen LogP contribution in [0.5, 0.6) is 5.75 Å². The minimum Gasteiger partial charge on any atom is -0.497 e. The van der Waals surface area contributed by atoms with Gasteiger partial charge in [-0.05, 0) is 72.0 Å². The smallest absolute Gasteiger partial charge is 0.337 e. The predicted molar refractivity (Wildman–Crippen MR) is 161 cm³/mol. The van der Waals surface area contributed by atoms with E-state index in [1.54, 1.807) is 48.4 Å². The molecule has 42 heavy (non-hydrogen) atoms. The summed E-state index contributed by atoms with van der Waals surface area (Å²) < 4.78 is 10.2. The average molecular weight is 559 g/mol. The molecule has 0 saturated heterocycles. The molecule has 2 atom stereocenters. The fourth-order valence-corrected chi connectivity index (χ4v) is 5.88. The van der Waals surface area contributed by atoms with Gasteiger partial charge in [0, 0.05) is 23.3 Å². The highest BCUT2D eigenvalue weighted by molar-refractivity contribution is 6.12. The van der Waals surface area contributed by atoms with Crippen molar-refractivity contribution in [1.29, 1.82) is 0 Å². The number of nitrogens with one attached hydrogen (secondary N) is 1. The first-order valence-corrected chi connectivity index (χ1v) is 13.8. The quantitative estimate of drug-likeness (QED) is 0.275. The zero-order valence-electron chi connectivity index (χ0n) is 23.4. The van der Waals surface area contributed by atoms with E-state index in [1.807, 2.05) is 66.7 Å². The Morgan fingerprint density at radius 3 is 2.12 bits per heavy atom. The number of Topliss-reactive ketones (excluding diaryl/α,β-unsaturated/α-hetero) is 1. The van der Waals surface area contributed by atoms with Crippen LogP contribution in [0, 0.1) is 0 Å². The second-order valence-corrected chi connectivity index (χ2v) is 10.4. The van der Waals surface area contributed by atoms with E-state index >= 15 is 0 Å². The Bertz CT molecular complexity index is 1680. The van der Waals surface area contributed by atoms with E-state index in [1.165, 1.54) is 7.11 Å². The van der Waals surface area contributed by atoms with E-state index in [0.29, 0.717) is 40.8 Å². The van der Waals surface area contributed by atoms with Crippen LogP contribution in [-0.4, -0.2) is 31.9 Å². The Hall–Kier alpha value is -5.17. The van der Waals surface area contributed by atoms with Gasteiger partial charge in [0.15, 0.2) is 5.78 Å². The maximum Gasteiger partial charge on any atom is 0.337 e. The van der Waals surface area contributed by atoms with Crippen molar-refractivity contribution in [2.45, 2.75) is 24.8 Å². The summed E-state index contributed by atoms with van der Waals surface area (Å²) >= 11 is 0. The van der Waals surface area contributed by atoms with Gasteiger partial charge in [0.25, 0.3) is 5.91 Å². The number of hydrogen-bond acceptors (Lipinski definition) is 6. The Morgan fingerprint density at radius 1 is 0.762 bits per heavy atom. The highest BCUT2D eigenvalue weighted by Crippen LogP contribution is 2.48. The minimum atomic E-state index is -0.722. The van der Waals surface area contributed by atoms with Crippen LogP contribution in [0.25, 0.3) is 0 Å². The molecule has 0 radical (unpaired) electrons. The molecular weight excluding hydrogens is 528 g/mol. The second-order valence-electron chi connectivity index (χ2n) is 10.4. The van der Waals surface area contributed by atoms with Gasteiger partial charge in [-0.15, -0.1) is 0 Å². The van der Waals surface area contributed by atoms with Crippen molar-refractivity contribution in [3.8, 4) is 5.75 Å². The molecule has 0 bridgehead atoms. The van der Waals surface area contributed by atoms with E-state index < -0.39 is 12.0 Å². The van der Waals surface area contributed by atoms with Crippen molar-refractivity contribution in [3.05, 3.63) is 137 Å². The number of hydrogen-bond donors (Lipinski definition) is 1. The summed E-state index contributed by atoms with van der Waals surface area (Å²) in [5, 5.41) is 3.56. The van der Waals surface area contributed by atoms with Gasteiger partial charge in [-0.1, -0.05) is 54.6 Å². The van der Waals surface area contributed by atoms with Crippen LogP contribution in [0.15, 0.2) is 114 Å². The van der Waals surface area contributed by atoms with Crippen molar-refractivity contribution in [1.82, 2.24) is 0 Å². The maximum absolute atomic E-state index is 14.3. The molecule has 7 heteroatoms. The van der Waals surface area contributed by atoms with E-state index in [-0.39, 0.29) is 17.6 Å². The summed E-state index contributed by atoms with van der Waals surface area (Å²) in [6, 6.07) is 30.7. The average Bonchev–Trinajstić information content (AvgIpc) is 3.19. The molecule has 0 saturated carbocycles. The molecule has 1 aliphatic carbocycles. The van der Waals surface area contributed by atoms with E-state index in [4.69, 9.17) is 9.47 Å². The van der Waals surface area contributed by atoms with Crippen molar-refractivity contribution in [2.24, 2.45) is 0 Å². The van der Waals surface area contributed by atoms with Gasteiger partial charge < -0.3 is 14.8 Å². The number of amides is 1. The maximum atomic E-state index is 14.3. The highest BCUT2D eigenvalue weighted by Gasteiger charge is 2.42. The normalized spacial score (nSPS) is 17.9. The van der Waals surface area contributed by atoms with Crippen molar-refractivity contribution in [3.63, 3.8) is 0 Å². The molecule has 1 amide bonds. The summed E-state index contributed by atoms with van der Waals surface area (Å²) in [5.41, 5.74) is 5.39. The lowest BCUT2D eigenvalue weighted by Crippen LogP contribution is -2.38. The van der Waals surface area contributed by atoms with E-state index in [9.17, 15) is 14.4 Å². The van der Waals surface area contributed by atoms with Crippen molar-refractivity contribution in [2.75, 3.05) is 24.4 Å². The number of carbonyl (C=O) groups is 3. The number of rotatable bonds is 5. The number of para-hydroxylation sites is 2. The first-order chi connectivity index (χ1) is 20.5. The van der Waals surface area contributed by atoms with E-state index in [0.717, 1.165) is 22.7 Å². The Kier molecular flexibility index (Phi) is 7.32. The van der Waals surface area contributed by atoms with Gasteiger partial charge >= 0.3 is 5.97 Å². The molecule has 0 fully saturated rings. The molecule has 1 heterocycles. The van der Waals surface area contributed by atoms with E-state index in [2.05, 4.69) is 5.32 Å². The lowest BCUT2D eigenvalue weighted by molar-refractivity contribution is -0.116. The van der Waals surface area contributed by atoms with Crippen molar-refractivity contribution >= 4 is 29.0 Å². The summed E-state index contributed by atoms with van der Waals surface area (Å²) in [5.74, 6) is -0.00739. The number of benzene rings is 4. The third-order valence-electron chi connectivity index (χ3n) is 7.96. The zero-order chi connectivity index (χ0) is 29.2. The molecule has 210 valence electrons. The third-order valence-corrected chi connectivity index (χ3v) is 7.96. The van der Waals surface area contributed by atoms with Gasteiger partial charge in [0.2, 0.25) is 0 Å². The van der Waals surface area contributed by atoms with Crippen LogP contribution in [0.3, 0.4) is 0 Å². The third kappa shape index (κ3) is 4.94. The molecular formula is C35H30N2O5. The van der Waals surface area contributed by atoms with Gasteiger partial charge in [0.1, 0.15) is 5.75 Å². The number of ether oxygens (including phenoxy) is 2. The van der Waals surface area contributed by atoms with Crippen molar-refractivity contribution < 1.29 is 23.9 Å². The van der Waals surface area contributed by atoms with Gasteiger partial charge in [-0.2, -0.15) is 0 Å². The van der Waals surface area contributed by atoms with Crippen LogP contribution in [0.2, 0.25) is 0 Å². The Morgan fingerprint density at radius 2 is 1.43 bits per heavy atom. The highest BCUT2D eigenvalue weighted by atomic mass is 16.5.